The number of aryl methyl sites for hydroxylation is 1. The van der Waals surface area contributed by atoms with Crippen LogP contribution in [-0.2, 0) is 0 Å². The highest BCUT2D eigenvalue weighted by Gasteiger charge is 2.23. The number of aromatic nitrogens is 1. The molecule has 0 saturated heterocycles. The number of nitrogens with one attached hydrogen (secondary N) is 1. The Labute approximate surface area is 134 Å². The molecule has 0 saturated carbocycles. The van der Waals surface area contributed by atoms with Crippen molar-refractivity contribution in [1.29, 1.82) is 0 Å². The maximum absolute atomic E-state index is 12.4. The lowest BCUT2D eigenvalue weighted by Gasteiger charge is -2.11. The van der Waals surface area contributed by atoms with Gasteiger partial charge >= 0.3 is 0 Å². The molecule has 1 aromatic carbocycles. The first-order chi connectivity index (χ1) is 10.5. The van der Waals surface area contributed by atoms with E-state index in [0.717, 1.165) is 6.42 Å². The Morgan fingerprint density at radius 2 is 2.18 bits per heavy atom. The predicted molar refractivity (Wildman–Crippen MR) is 84.9 cm³/mol. The van der Waals surface area contributed by atoms with Crippen molar-refractivity contribution in [2.45, 2.75) is 32.8 Å². The summed E-state index contributed by atoms with van der Waals surface area (Å²) in [6.45, 7) is 3.84. The summed E-state index contributed by atoms with van der Waals surface area (Å²) in [6, 6.07) is 7.13. The molecule has 2 N–H and O–H groups in total. The van der Waals surface area contributed by atoms with Gasteiger partial charge in [0.25, 0.3) is 5.91 Å². The molecule has 6 heteroatoms. The standard InChI is InChI=1S/C16H19ClN2O3/c1-3-6-11(20)9-18-16(21)14-10(2)22-19-15(14)12-7-4-5-8-13(12)17/h4-5,7-8,11,20H,3,6,9H2,1-2H3,(H,18,21). The number of halogens is 1. The van der Waals surface area contributed by atoms with Crippen LogP contribution in [0.1, 0.15) is 35.9 Å². The molecule has 22 heavy (non-hydrogen) atoms. The second-order valence-electron chi connectivity index (χ2n) is 5.09. The molecule has 0 spiro atoms. The zero-order valence-corrected chi connectivity index (χ0v) is 13.4. The molecule has 1 atom stereocenters. The van der Waals surface area contributed by atoms with E-state index >= 15 is 0 Å². The van der Waals surface area contributed by atoms with Gasteiger partial charge in [-0.25, -0.2) is 0 Å². The number of hydrogen-bond donors (Lipinski definition) is 2. The topological polar surface area (TPSA) is 75.4 Å². The average molecular weight is 323 g/mol. The molecule has 1 amide bonds. The van der Waals surface area contributed by atoms with Crippen molar-refractivity contribution in [2.24, 2.45) is 0 Å². The third kappa shape index (κ3) is 3.67. The normalized spacial score (nSPS) is 12.2. The van der Waals surface area contributed by atoms with Crippen LogP contribution in [0.4, 0.5) is 0 Å². The highest BCUT2D eigenvalue weighted by atomic mass is 35.5. The average Bonchev–Trinajstić information content (AvgIpc) is 2.87. The number of carbonyl (C=O) groups is 1. The summed E-state index contributed by atoms with van der Waals surface area (Å²) >= 11 is 6.16. The lowest BCUT2D eigenvalue weighted by atomic mass is 10.1. The Hall–Kier alpha value is -1.85. The van der Waals surface area contributed by atoms with Gasteiger partial charge in [0.05, 0.1) is 11.1 Å². The molecule has 2 aromatic rings. The van der Waals surface area contributed by atoms with Crippen molar-refractivity contribution in [3.63, 3.8) is 0 Å². The van der Waals surface area contributed by atoms with Crippen molar-refractivity contribution in [3.05, 3.63) is 40.6 Å². The summed E-state index contributed by atoms with van der Waals surface area (Å²) in [6.07, 6.45) is 0.937. The SMILES string of the molecule is CCCC(O)CNC(=O)c1c(-c2ccccc2Cl)noc1C. The summed E-state index contributed by atoms with van der Waals surface area (Å²) in [5, 5.41) is 16.9. The van der Waals surface area contributed by atoms with Gasteiger partial charge in [0, 0.05) is 12.1 Å². The minimum absolute atomic E-state index is 0.194. The van der Waals surface area contributed by atoms with Crippen molar-refractivity contribution < 1.29 is 14.4 Å². The van der Waals surface area contributed by atoms with Gasteiger partial charge in [-0.1, -0.05) is 48.3 Å². The maximum atomic E-state index is 12.4. The Kier molecular flexibility index (Phi) is 5.57. The van der Waals surface area contributed by atoms with E-state index in [1.54, 1.807) is 25.1 Å². The van der Waals surface area contributed by atoms with E-state index in [2.05, 4.69) is 10.5 Å². The molecular weight excluding hydrogens is 304 g/mol. The number of benzene rings is 1. The summed E-state index contributed by atoms with van der Waals surface area (Å²) in [5.41, 5.74) is 1.39. The summed E-state index contributed by atoms with van der Waals surface area (Å²) < 4.78 is 5.15. The summed E-state index contributed by atoms with van der Waals surface area (Å²) in [7, 11) is 0. The van der Waals surface area contributed by atoms with Gasteiger partial charge in [-0.3, -0.25) is 4.79 Å². The van der Waals surface area contributed by atoms with Crippen molar-refractivity contribution in [3.8, 4) is 11.3 Å². The zero-order chi connectivity index (χ0) is 16.1. The van der Waals surface area contributed by atoms with Gasteiger partial charge in [-0.15, -0.1) is 0 Å². The predicted octanol–water partition coefficient (Wildman–Crippen LogP) is 3.19. The molecule has 5 nitrogen and oxygen atoms in total. The van der Waals surface area contributed by atoms with Crippen molar-refractivity contribution >= 4 is 17.5 Å². The van der Waals surface area contributed by atoms with E-state index in [1.165, 1.54) is 0 Å². The van der Waals surface area contributed by atoms with E-state index < -0.39 is 6.10 Å². The Bertz CT molecular complexity index is 655. The number of hydrogen-bond acceptors (Lipinski definition) is 4. The van der Waals surface area contributed by atoms with Crippen LogP contribution >= 0.6 is 11.6 Å². The third-order valence-corrected chi connectivity index (χ3v) is 3.67. The van der Waals surface area contributed by atoms with Crippen LogP contribution in [0.2, 0.25) is 5.02 Å². The van der Waals surface area contributed by atoms with E-state index in [0.29, 0.717) is 34.0 Å². The van der Waals surface area contributed by atoms with Crippen LogP contribution in [-0.4, -0.2) is 28.8 Å². The lowest BCUT2D eigenvalue weighted by Crippen LogP contribution is -2.32. The van der Waals surface area contributed by atoms with E-state index in [1.807, 2.05) is 13.0 Å². The third-order valence-electron chi connectivity index (χ3n) is 3.34. The number of aliphatic hydroxyl groups is 1. The Balaban J connectivity index is 2.23. The maximum Gasteiger partial charge on any atom is 0.257 e. The first-order valence-electron chi connectivity index (χ1n) is 7.22. The van der Waals surface area contributed by atoms with Crippen LogP contribution in [0.25, 0.3) is 11.3 Å². The van der Waals surface area contributed by atoms with E-state index in [4.69, 9.17) is 16.1 Å². The quantitative estimate of drug-likeness (QED) is 0.856. The monoisotopic (exact) mass is 322 g/mol. The second kappa shape index (κ2) is 7.42. The van der Waals surface area contributed by atoms with E-state index in [-0.39, 0.29) is 12.5 Å². The number of amides is 1. The second-order valence-corrected chi connectivity index (χ2v) is 5.50. The lowest BCUT2D eigenvalue weighted by molar-refractivity contribution is 0.0909. The van der Waals surface area contributed by atoms with Crippen molar-refractivity contribution in [1.82, 2.24) is 10.5 Å². The Morgan fingerprint density at radius 3 is 2.86 bits per heavy atom. The van der Waals surface area contributed by atoms with Gasteiger partial charge in [-0.05, 0) is 19.4 Å². The highest BCUT2D eigenvalue weighted by Crippen LogP contribution is 2.30. The van der Waals surface area contributed by atoms with Crippen LogP contribution in [0.15, 0.2) is 28.8 Å². The zero-order valence-electron chi connectivity index (χ0n) is 12.6. The van der Waals surface area contributed by atoms with Crippen LogP contribution in [0, 0.1) is 6.92 Å². The molecule has 0 radical (unpaired) electrons. The fourth-order valence-electron chi connectivity index (χ4n) is 2.21. The molecular formula is C16H19ClN2O3. The largest absolute Gasteiger partial charge is 0.391 e. The van der Waals surface area contributed by atoms with Gasteiger partial charge in [0.2, 0.25) is 0 Å². The molecule has 118 valence electrons. The van der Waals surface area contributed by atoms with Crippen LogP contribution in [0.5, 0.6) is 0 Å². The number of carbonyl (C=O) groups excluding carboxylic acids is 1. The first kappa shape index (κ1) is 16.5. The van der Waals surface area contributed by atoms with Crippen molar-refractivity contribution in [2.75, 3.05) is 6.54 Å². The van der Waals surface area contributed by atoms with Gasteiger partial charge in [0.15, 0.2) is 0 Å². The Morgan fingerprint density at radius 1 is 1.45 bits per heavy atom. The molecule has 0 aliphatic heterocycles. The minimum Gasteiger partial charge on any atom is -0.391 e. The summed E-state index contributed by atoms with van der Waals surface area (Å²) in [5.74, 6) is 0.0845. The van der Waals surface area contributed by atoms with Gasteiger partial charge in [-0.2, -0.15) is 0 Å². The first-order valence-corrected chi connectivity index (χ1v) is 7.59. The molecule has 0 aliphatic rings. The summed E-state index contributed by atoms with van der Waals surface area (Å²) in [4.78, 5) is 12.4. The molecule has 1 heterocycles. The number of rotatable bonds is 6. The van der Waals surface area contributed by atoms with Crippen LogP contribution in [0.3, 0.4) is 0 Å². The van der Waals surface area contributed by atoms with Gasteiger partial charge in [0.1, 0.15) is 17.0 Å². The minimum atomic E-state index is -0.558. The van der Waals surface area contributed by atoms with Gasteiger partial charge < -0.3 is 14.9 Å². The molecule has 0 aliphatic carbocycles. The molecule has 1 unspecified atom stereocenters. The number of nitrogens with zero attached hydrogens (tertiary/aromatic N) is 1. The molecule has 2 rings (SSSR count). The highest BCUT2D eigenvalue weighted by molar-refractivity contribution is 6.33. The van der Waals surface area contributed by atoms with E-state index in [9.17, 15) is 9.90 Å². The number of aliphatic hydroxyl groups excluding tert-OH is 1. The fourth-order valence-corrected chi connectivity index (χ4v) is 2.44. The molecule has 1 aromatic heterocycles. The smallest absolute Gasteiger partial charge is 0.257 e. The fraction of sp³-hybridized carbons (Fsp3) is 0.375. The molecule has 0 bridgehead atoms. The van der Waals surface area contributed by atoms with Crippen LogP contribution < -0.4 is 5.32 Å². The molecule has 0 fully saturated rings.